The first-order chi connectivity index (χ1) is 8.16. The molecule has 0 spiro atoms. The fourth-order valence-electron chi connectivity index (χ4n) is 1.86. The Hall–Kier alpha value is -1.62. The zero-order chi connectivity index (χ0) is 12.0. The maximum atomic E-state index is 4.49. The van der Waals surface area contributed by atoms with Gasteiger partial charge in [-0.3, -0.25) is 5.10 Å². The summed E-state index contributed by atoms with van der Waals surface area (Å²) in [5.74, 6) is 1.53. The number of nitrogens with zero attached hydrogens (tertiary/aromatic N) is 3. The molecule has 3 aromatic rings. The van der Waals surface area contributed by atoms with E-state index in [1.54, 1.807) is 0 Å². The third-order valence-corrected chi connectivity index (χ3v) is 3.72. The molecule has 17 heavy (non-hydrogen) atoms. The summed E-state index contributed by atoms with van der Waals surface area (Å²) in [5.41, 5.74) is 3.22. The van der Waals surface area contributed by atoms with Crippen molar-refractivity contribution in [3.63, 3.8) is 0 Å². The molecule has 0 unspecified atom stereocenters. The number of aromatic nitrogens is 4. The molecular formula is C12H11BrN4. The molecule has 5 heteroatoms. The number of benzene rings is 1. The molecule has 2 heterocycles. The summed E-state index contributed by atoms with van der Waals surface area (Å²) in [7, 11) is 0. The third-order valence-electron chi connectivity index (χ3n) is 2.79. The number of imidazole rings is 1. The number of rotatable bonds is 1. The highest BCUT2D eigenvalue weighted by atomic mass is 79.9. The molecule has 2 aromatic heterocycles. The van der Waals surface area contributed by atoms with Crippen LogP contribution < -0.4 is 0 Å². The molecule has 1 aromatic carbocycles. The van der Waals surface area contributed by atoms with Crippen molar-refractivity contribution in [1.29, 1.82) is 0 Å². The highest BCUT2D eigenvalue weighted by Crippen LogP contribution is 2.23. The van der Waals surface area contributed by atoms with Crippen LogP contribution in [0.4, 0.5) is 0 Å². The first-order valence-electron chi connectivity index (χ1n) is 5.33. The Bertz CT molecular complexity index is 696. The predicted octanol–water partition coefficient (Wildman–Crippen LogP) is 3.10. The molecule has 0 fully saturated rings. The molecule has 86 valence electrons. The lowest BCUT2D eigenvalue weighted by Gasteiger charge is -2.00. The third kappa shape index (κ3) is 1.58. The molecule has 0 atom stereocenters. The molecule has 0 saturated carbocycles. The highest BCUT2D eigenvalue weighted by Gasteiger charge is 2.12. The Morgan fingerprint density at radius 2 is 1.94 bits per heavy atom. The van der Waals surface area contributed by atoms with E-state index in [1.165, 1.54) is 5.56 Å². The lowest BCUT2D eigenvalue weighted by Crippen LogP contribution is -1.88. The molecule has 4 nitrogen and oxygen atoms in total. The number of aryl methyl sites for hydroxylation is 2. The van der Waals surface area contributed by atoms with E-state index >= 15 is 0 Å². The maximum Gasteiger partial charge on any atom is 0.252 e. The van der Waals surface area contributed by atoms with Crippen LogP contribution in [0.15, 0.2) is 28.9 Å². The van der Waals surface area contributed by atoms with Gasteiger partial charge in [0.1, 0.15) is 4.60 Å². The van der Waals surface area contributed by atoms with Crippen molar-refractivity contribution < 1.29 is 0 Å². The number of aromatic amines is 1. The van der Waals surface area contributed by atoms with Crippen molar-refractivity contribution in [3.05, 3.63) is 40.1 Å². The molecule has 3 rings (SSSR count). The SMILES string of the molecule is Cc1ccccc1-c1nc2nc(C)c(Br)n2[nH]1. The van der Waals surface area contributed by atoms with Crippen LogP contribution in [0, 0.1) is 13.8 Å². The minimum absolute atomic E-state index is 0.688. The average molecular weight is 291 g/mol. The van der Waals surface area contributed by atoms with Crippen molar-refractivity contribution in [2.24, 2.45) is 0 Å². The molecule has 0 radical (unpaired) electrons. The summed E-state index contributed by atoms with van der Waals surface area (Å²) in [6.45, 7) is 4.01. The molecule has 0 bridgehead atoms. The number of fused-ring (bicyclic) bond motifs is 1. The van der Waals surface area contributed by atoms with Crippen molar-refractivity contribution in [1.82, 2.24) is 19.6 Å². The van der Waals surface area contributed by atoms with Gasteiger partial charge in [0.05, 0.1) is 5.69 Å². The lowest BCUT2D eigenvalue weighted by molar-refractivity contribution is 0.949. The Labute approximate surface area is 107 Å². The minimum atomic E-state index is 0.688. The number of nitrogens with one attached hydrogen (secondary N) is 1. The topological polar surface area (TPSA) is 46.0 Å². The van der Waals surface area contributed by atoms with Gasteiger partial charge in [-0.15, -0.1) is 0 Å². The van der Waals surface area contributed by atoms with Gasteiger partial charge in [-0.05, 0) is 35.3 Å². The fraction of sp³-hybridized carbons (Fsp3) is 0.167. The van der Waals surface area contributed by atoms with E-state index in [0.29, 0.717) is 5.78 Å². The van der Waals surface area contributed by atoms with E-state index in [4.69, 9.17) is 0 Å². The lowest BCUT2D eigenvalue weighted by atomic mass is 10.1. The maximum absolute atomic E-state index is 4.49. The van der Waals surface area contributed by atoms with Crippen LogP contribution in [0.2, 0.25) is 0 Å². The van der Waals surface area contributed by atoms with Gasteiger partial charge in [-0.25, -0.2) is 9.50 Å². The Kier molecular flexibility index (Phi) is 2.29. The summed E-state index contributed by atoms with van der Waals surface area (Å²) in [6, 6.07) is 8.15. The smallest absolute Gasteiger partial charge is 0.252 e. The molecule has 0 aliphatic heterocycles. The van der Waals surface area contributed by atoms with E-state index in [1.807, 2.05) is 29.6 Å². The first-order valence-corrected chi connectivity index (χ1v) is 6.12. The van der Waals surface area contributed by atoms with Gasteiger partial charge in [0.15, 0.2) is 5.82 Å². The van der Waals surface area contributed by atoms with Crippen LogP contribution in [-0.4, -0.2) is 19.6 Å². The molecule has 0 saturated heterocycles. The summed E-state index contributed by atoms with van der Waals surface area (Å²) >= 11 is 3.48. The quantitative estimate of drug-likeness (QED) is 0.748. The number of halogens is 1. The van der Waals surface area contributed by atoms with E-state index in [0.717, 1.165) is 21.7 Å². The molecule has 0 aliphatic rings. The van der Waals surface area contributed by atoms with E-state index in [-0.39, 0.29) is 0 Å². The summed E-state index contributed by atoms with van der Waals surface area (Å²) < 4.78 is 2.76. The highest BCUT2D eigenvalue weighted by molar-refractivity contribution is 9.10. The predicted molar refractivity (Wildman–Crippen MR) is 69.9 cm³/mol. The van der Waals surface area contributed by atoms with Crippen molar-refractivity contribution in [3.8, 4) is 11.4 Å². The van der Waals surface area contributed by atoms with Crippen molar-refractivity contribution >= 4 is 21.7 Å². The van der Waals surface area contributed by atoms with Crippen LogP contribution in [-0.2, 0) is 0 Å². The first kappa shape index (κ1) is 10.5. The van der Waals surface area contributed by atoms with Crippen molar-refractivity contribution in [2.75, 3.05) is 0 Å². The van der Waals surface area contributed by atoms with E-state index in [9.17, 15) is 0 Å². The Morgan fingerprint density at radius 3 is 2.65 bits per heavy atom. The monoisotopic (exact) mass is 290 g/mol. The van der Waals surface area contributed by atoms with Gasteiger partial charge >= 0.3 is 0 Å². The number of hydrogen-bond donors (Lipinski definition) is 1. The summed E-state index contributed by atoms with van der Waals surface area (Å²) in [6.07, 6.45) is 0. The Balaban J connectivity index is 2.23. The minimum Gasteiger partial charge on any atom is -0.273 e. The van der Waals surface area contributed by atoms with Gasteiger partial charge < -0.3 is 0 Å². The van der Waals surface area contributed by atoms with Crippen molar-refractivity contribution in [2.45, 2.75) is 13.8 Å². The zero-order valence-electron chi connectivity index (χ0n) is 9.53. The number of hydrogen-bond acceptors (Lipinski definition) is 2. The van der Waals surface area contributed by atoms with Crippen LogP contribution in [0.25, 0.3) is 17.2 Å². The molecule has 0 aliphatic carbocycles. The zero-order valence-corrected chi connectivity index (χ0v) is 11.1. The molecular weight excluding hydrogens is 280 g/mol. The van der Waals surface area contributed by atoms with Crippen LogP contribution in [0.1, 0.15) is 11.3 Å². The molecule has 1 N–H and O–H groups in total. The van der Waals surface area contributed by atoms with E-state index in [2.05, 4.69) is 44.0 Å². The number of H-pyrrole nitrogens is 1. The fourth-order valence-corrected chi connectivity index (χ4v) is 2.20. The van der Waals surface area contributed by atoms with Gasteiger partial charge in [0.25, 0.3) is 5.78 Å². The van der Waals surface area contributed by atoms with Crippen LogP contribution in [0.3, 0.4) is 0 Å². The van der Waals surface area contributed by atoms with Gasteiger partial charge in [0, 0.05) is 5.56 Å². The standard InChI is InChI=1S/C12H11BrN4/c1-7-5-3-4-6-9(7)11-15-12-14-8(2)10(13)17(12)16-11/h3-6H,1-2H3,(H,14,15,16). The van der Waals surface area contributed by atoms with Crippen LogP contribution in [0.5, 0.6) is 0 Å². The van der Waals surface area contributed by atoms with E-state index < -0.39 is 0 Å². The Morgan fingerprint density at radius 1 is 1.18 bits per heavy atom. The second-order valence-corrected chi connectivity index (χ2v) is 4.76. The van der Waals surface area contributed by atoms with Gasteiger partial charge in [-0.2, -0.15) is 4.98 Å². The summed E-state index contributed by atoms with van der Waals surface area (Å²) in [5, 5.41) is 3.24. The summed E-state index contributed by atoms with van der Waals surface area (Å²) in [4.78, 5) is 8.85. The second-order valence-electron chi connectivity index (χ2n) is 4.01. The van der Waals surface area contributed by atoms with Gasteiger partial charge in [-0.1, -0.05) is 24.3 Å². The normalized spacial score (nSPS) is 11.2. The van der Waals surface area contributed by atoms with Crippen LogP contribution >= 0.6 is 15.9 Å². The van der Waals surface area contributed by atoms with Gasteiger partial charge in [0.2, 0.25) is 0 Å². The largest absolute Gasteiger partial charge is 0.273 e. The molecule has 0 amide bonds. The average Bonchev–Trinajstić information content (AvgIpc) is 2.81. The second kappa shape index (κ2) is 3.70.